The summed E-state index contributed by atoms with van der Waals surface area (Å²) in [5, 5.41) is 0.605. The number of para-hydroxylation sites is 1. The fraction of sp³-hybridized carbons (Fsp3) is 0.158. The highest BCUT2D eigenvalue weighted by Gasteiger charge is 2.39. The Bertz CT molecular complexity index is 1170. The monoisotopic (exact) mass is 412 g/mol. The van der Waals surface area contributed by atoms with Crippen LogP contribution in [0.5, 0.6) is 0 Å². The van der Waals surface area contributed by atoms with Crippen LogP contribution >= 0.6 is 0 Å². The van der Waals surface area contributed by atoms with Gasteiger partial charge in [0.15, 0.2) is 0 Å². The summed E-state index contributed by atoms with van der Waals surface area (Å²) < 4.78 is 38.5. The third-order valence-corrected chi connectivity index (χ3v) is 6.25. The lowest BCUT2D eigenvalue weighted by atomic mass is 9.84. The van der Waals surface area contributed by atoms with Crippen LogP contribution in [0.1, 0.15) is 0 Å². The van der Waals surface area contributed by atoms with Crippen LogP contribution < -0.4 is 5.59 Å². The predicted molar refractivity (Wildman–Crippen MR) is 106 cm³/mol. The molecule has 0 N–H and O–H groups in total. The topological polar surface area (TPSA) is 94.9 Å². The van der Waals surface area contributed by atoms with Crippen LogP contribution in [0.3, 0.4) is 0 Å². The van der Waals surface area contributed by atoms with Gasteiger partial charge in [-0.1, -0.05) is 36.4 Å². The number of likely N-dealkylation sites (N-methyl/N-ethyl adjacent to an activating group) is 1. The van der Waals surface area contributed by atoms with Gasteiger partial charge in [0.1, 0.15) is 0 Å². The van der Waals surface area contributed by atoms with E-state index in [0.29, 0.717) is 10.9 Å². The number of rotatable bonds is 3. The summed E-state index contributed by atoms with van der Waals surface area (Å²) in [6, 6.07) is 16.3. The number of carbonyl (C=O) groups excluding carboxylic acids is 2. The average molecular weight is 412 g/mol. The summed E-state index contributed by atoms with van der Waals surface area (Å²) in [6.07, 6.45) is 0. The van der Waals surface area contributed by atoms with E-state index in [4.69, 9.17) is 9.31 Å². The van der Waals surface area contributed by atoms with E-state index in [1.54, 1.807) is 55.6 Å². The highest BCUT2D eigenvalue weighted by molar-refractivity contribution is 7.90. The van der Waals surface area contributed by atoms with Crippen LogP contribution in [-0.4, -0.2) is 56.5 Å². The zero-order valence-electron chi connectivity index (χ0n) is 15.5. The minimum absolute atomic E-state index is 0.0429. The molecule has 0 radical (unpaired) electrons. The van der Waals surface area contributed by atoms with E-state index in [0.717, 1.165) is 3.97 Å². The molecule has 0 amide bonds. The summed E-state index contributed by atoms with van der Waals surface area (Å²) in [7, 11) is -3.94. The summed E-state index contributed by atoms with van der Waals surface area (Å²) in [5.41, 5.74) is 0.430. The molecule has 10 heteroatoms. The number of nitrogens with zero attached hydrogens (tertiary/aromatic N) is 2. The summed E-state index contributed by atoms with van der Waals surface area (Å²) in [6.45, 7) is -0.228. The molecular formula is C19H17BN2O6S. The first-order valence-corrected chi connectivity index (χ1v) is 10.3. The van der Waals surface area contributed by atoms with Gasteiger partial charge >= 0.3 is 19.1 Å². The highest BCUT2D eigenvalue weighted by atomic mass is 32.2. The number of benzene rings is 2. The second-order valence-electron chi connectivity index (χ2n) is 6.69. The molecule has 1 fully saturated rings. The van der Waals surface area contributed by atoms with Gasteiger partial charge in [-0.15, -0.1) is 0 Å². The fourth-order valence-corrected chi connectivity index (χ4v) is 4.79. The number of aromatic nitrogens is 1. The van der Waals surface area contributed by atoms with Gasteiger partial charge in [-0.3, -0.25) is 14.5 Å². The van der Waals surface area contributed by atoms with Gasteiger partial charge in [0.2, 0.25) is 0 Å². The van der Waals surface area contributed by atoms with Crippen LogP contribution in [0.4, 0.5) is 0 Å². The summed E-state index contributed by atoms with van der Waals surface area (Å²) in [5.74, 6) is -1.25. The zero-order chi connectivity index (χ0) is 20.6. The Morgan fingerprint density at radius 3 is 2.14 bits per heavy atom. The van der Waals surface area contributed by atoms with Crippen molar-refractivity contribution in [1.29, 1.82) is 0 Å². The molecule has 0 atom stereocenters. The van der Waals surface area contributed by atoms with E-state index >= 15 is 0 Å². The Morgan fingerprint density at radius 2 is 1.48 bits per heavy atom. The third-order valence-electron chi connectivity index (χ3n) is 4.49. The van der Waals surface area contributed by atoms with Gasteiger partial charge < -0.3 is 9.31 Å². The second kappa shape index (κ2) is 7.38. The average Bonchev–Trinajstić information content (AvgIpc) is 3.07. The Kier molecular flexibility index (Phi) is 4.89. The molecular weight excluding hydrogens is 395 g/mol. The van der Waals surface area contributed by atoms with Crippen molar-refractivity contribution in [3.8, 4) is 0 Å². The molecule has 4 rings (SSSR count). The largest absolute Gasteiger partial charge is 0.655 e. The molecule has 1 aliphatic heterocycles. The van der Waals surface area contributed by atoms with Gasteiger partial charge in [0, 0.05) is 5.39 Å². The first-order chi connectivity index (χ1) is 13.9. The quantitative estimate of drug-likeness (QED) is 0.582. The van der Waals surface area contributed by atoms with Crippen LogP contribution in [0.25, 0.3) is 10.9 Å². The van der Waals surface area contributed by atoms with Crippen molar-refractivity contribution in [1.82, 2.24) is 8.87 Å². The van der Waals surface area contributed by atoms with Crippen LogP contribution in [0, 0.1) is 0 Å². The van der Waals surface area contributed by atoms with Crippen molar-refractivity contribution in [2.24, 2.45) is 0 Å². The SMILES string of the molecule is CN1CC(=O)OB(c2cc3ccccc3n2S(=O)(=O)c2ccccc2)OC(=O)C1. The van der Waals surface area contributed by atoms with Crippen LogP contribution in [0.2, 0.25) is 0 Å². The van der Waals surface area contributed by atoms with Crippen molar-refractivity contribution in [3.05, 3.63) is 60.7 Å². The van der Waals surface area contributed by atoms with Gasteiger partial charge in [-0.2, -0.15) is 0 Å². The molecule has 0 bridgehead atoms. The van der Waals surface area contributed by atoms with Crippen molar-refractivity contribution in [2.75, 3.05) is 20.1 Å². The van der Waals surface area contributed by atoms with E-state index in [9.17, 15) is 18.0 Å². The molecule has 1 aromatic heterocycles. The second-order valence-corrected chi connectivity index (χ2v) is 8.48. The fourth-order valence-electron chi connectivity index (χ4n) is 3.24. The Balaban J connectivity index is 1.90. The molecule has 148 valence electrons. The smallest absolute Gasteiger partial charge is 0.493 e. The maximum absolute atomic E-state index is 13.4. The summed E-state index contributed by atoms with van der Waals surface area (Å²) in [4.78, 5) is 25.9. The predicted octanol–water partition coefficient (Wildman–Crippen LogP) is 0.605. The molecule has 0 spiro atoms. The Morgan fingerprint density at radius 1 is 0.897 bits per heavy atom. The van der Waals surface area contributed by atoms with E-state index in [2.05, 4.69) is 0 Å². The lowest BCUT2D eigenvalue weighted by Gasteiger charge is -2.23. The number of carbonyl (C=O) groups is 2. The van der Waals surface area contributed by atoms with Gasteiger partial charge in [0.25, 0.3) is 10.0 Å². The first kappa shape index (κ1) is 19.2. The van der Waals surface area contributed by atoms with Crippen molar-refractivity contribution < 1.29 is 27.3 Å². The maximum Gasteiger partial charge on any atom is 0.655 e. The molecule has 1 saturated heterocycles. The molecule has 8 nitrogen and oxygen atoms in total. The van der Waals surface area contributed by atoms with E-state index in [1.165, 1.54) is 17.0 Å². The Labute approximate surface area is 167 Å². The third kappa shape index (κ3) is 3.64. The minimum Gasteiger partial charge on any atom is -0.493 e. The number of fused-ring (bicyclic) bond motifs is 1. The lowest BCUT2D eigenvalue weighted by Crippen LogP contribution is -2.50. The first-order valence-electron chi connectivity index (χ1n) is 8.85. The summed E-state index contributed by atoms with van der Waals surface area (Å²) >= 11 is 0. The van der Waals surface area contributed by atoms with Gasteiger partial charge in [-0.05, 0) is 31.3 Å². The molecule has 3 aromatic rings. The molecule has 0 unspecified atom stereocenters. The zero-order valence-corrected chi connectivity index (χ0v) is 16.3. The van der Waals surface area contributed by atoms with E-state index < -0.39 is 29.1 Å². The highest BCUT2D eigenvalue weighted by Crippen LogP contribution is 2.22. The van der Waals surface area contributed by atoms with E-state index in [-0.39, 0.29) is 23.6 Å². The standard InChI is InChI=1S/C19H17BN2O6S/c1-21-12-18(23)27-20(28-19(24)13-21)17-11-14-7-5-6-10-16(14)22(17)29(25,26)15-8-3-2-4-9-15/h2-11H,12-13H2,1H3. The molecule has 2 heterocycles. The van der Waals surface area contributed by atoms with E-state index in [1.807, 2.05) is 0 Å². The minimum atomic E-state index is -4.05. The molecule has 0 aliphatic carbocycles. The van der Waals surface area contributed by atoms with Crippen LogP contribution in [-0.2, 0) is 28.9 Å². The van der Waals surface area contributed by atoms with Crippen molar-refractivity contribution in [3.63, 3.8) is 0 Å². The number of hydrogen-bond donors (Lipinski definition) is 0. The molecule has 2 aromatic carbocycles. The lowest BCUT2D eigenvalue weighted by molar-refractivity contribution is -0.145. The molecule has 0 saturated carbocycles. The van der Waals surface area contributed by atoms with Crippen LogP contribution in [0.15, 0.2) is 65.6 Å². The van der Waals surface area contributed by atoms with Gasteiger partial charge in [-0.25, -0.2) is 12.4 Å². The van der Waals surface area contributed by atoms with Crippen molar-refractivity contribution in [2.45, 2.75) is 4.90 Å². The van der Waals surface area contributed by atoms with Gasteiger partial charge in [0.05, 0.1) is 29.1 Å². The molecule has 1 aliphatic rings. The van der Waals surface area contributed by atoms with Crippen molar-refractivity contribution >= 4 is 45.6 Å². The normalized spacial score (nSPS) is 16.2. The number of hydrogen-bond acceptors (Lipinski definition) is 7. The maximum atomic E-state index is 13.4. The Hall–Kier alpha value is -3.11. The molecule has 29 heavy (non-hydrogen) atoms.